The van der Waals surface area contributed by atoms with E-state index in [4.69, 9.17) is 5.73 Å². The number of nitrogens with two attached hydrogens (primary N) is 1. The van der Waals surface area contributed by atoms with Crippen LogP contribution < -0.4 is 11.1 Å². The van der Waals surface area contributed by atoms with E-state index < -0.39 is 0 Å². The lowest BCUT2D eigenvalue weighted by atomic mass is 9.97. The molecule has 1 heterocycles. The minimum atomic E-state index is 0. The van der Waals surface area contributed by atoms with Crippen LogP contribution in [0.25, 0.3) is 0 Å². The molecule has 0 amide bonds. The van der Waals surface area contributed by atoms with Gasteiger partial charge < -0.3 is 16.0 Å². The van der Waals surface area contributed by atoms with Crippen LogP contribution in [0.4, 0.5) is 0 Å². The van der Waals surface area contributed by atoms with Gasteiger partial charge in [-0.05, 0) is 43.8 Å². The Hall–Kier alpha value is -0.320. The Bertz CT molecular complexity index is 343. The number of hydrogen-bond acceptors (Lipinski definition) is 3. The van der Waals surface area contributed by atoms with Crippen LogP contribution >= 0.6 is 24.8 Å². The van der Waals surface area contributed by atoms with Crippen LogP contribution in [0.2, 0.25) is 0 Å². The van der Waals surface area contributed by atoms with Gasteiger partial charge in [0.2, 0.25) is 0 Å². The normalized spacial score (nSPS) is 15.3. The molecule has 0 unspecified atom stereocenters. The molecular weight excluding hydrogens is 305 g/mol. The molecular formula is C16H29Cl2N3. The van der Waals surface area contributed by atoms with Crippen molar-refractivity contribution >= 4 is 24.8 Å². The summed E-state index contributed by atoms with van der Waals surface area (Å²) in [4.78, 5) is 2.54. The van der Waals surface area contributed by atoms with E-state index in [9.17, 15) is 0 Å². The third kappa shape index (κ3) is 8.03. The standard InChI is InChI=1S/C16H27N3.2ClH/c17-9-13-19(14-16-6-10-18-11-7-16)12-8-15-4-2-1-3-5-15;;/h1-5,16,18H,6-14,17H2;2*1H. The molecule has 3 nitrogen and oxygen atoms in total. The fourth-order valence-electron chi connectivity index (χ4n) is 2.84. The molecule has 0 aromatic heterocycles. The van der Waals surface area contributed by atoms with Gasteiger partial charge in [-0.15, -0.1) is 24.8 Å². The average Bonchev–Trinajstić information content (AvgIpc) is 2.47. The van der Waals surface area contributed by atoms with E-state index in [1.165, 1.54) is 38.0 Å². The Kier molecular flexibility index (Phi) is 12.1. The molecule has 0 aliphatic carbocycles. The van der Waals surface area contributed by atoms with E-state index in [0.717, 1.165) is 32.0 Å². The Labute approximate surface area is 141 Å². The van der Waals surface area contributed by atoms with Gasteiger partial charge in [0.15, 0.2) is 0 Å². The molecule has 0 radical (unpaired) electrons. The first-order valence-electron chi connectivity index (χ1n) is 7.55. The second kappa shape index (κ2) is 12.2. The second-order valence-corrected chi connectivity index (χ2v) is 5.52. The van der Waals surface area contributed by atoms with E-state index in [0.29, 0.717) is 0 Å². The summed E-state index contributed by atoms with van der Waals surface area (Å²) in [6.07, 6.45) is 3.75. The van der Waals surface area contributed by atoms with E-state index in [1.54, 1.807) is 0 Å². The zero-order valence-corrected chi connectivity index (χ0v) is 14.3. The maximum atomic E-state index is 5.75. The highest BCUT2D eigenvalue weighted by Gasteiger charge is 2.16. The van der Waals surface area contributed by atoms with Crippen molar-refractivity contribution in [3.63, 3.8) is 0 Å². The molecule has 2 rings (SSSR count). The van der Waals surface area contributed by atoms with Crippen molar-refractivity contribution in [2.45, 2.75) is 19.3 Å². The Morgan fingerprint density at radius 2 is 1.71 bits per heavy atom. The lowest BCUT2D eigenvalue weighted by molar-refractivity contribution is 0.211. The molecule has 0 atom stereocenters. The summed E-state index contributed by atoms with van der Waals surface area (Å²) >= 11 is 0. The lowest BCUT2D eigenvalue weighted by Gasteiger charge is -2.29. The SMILES string of the molecule is Cl.Cl.NCCN(CCc1ccccc1)CC1CCNCC1. The van der Waals surface area contributed by atoms with Crippen molar-refractivity contribution in [2.24, 2.45) is 11.7 Å². The van der Waals surface area contributed by atoms with Gasteiger partial charge in [0, 0.05) is 26.2 Å². The van der Waals surface area contributed by atoms with Crippen LogP contribution in [0, 0.1) is 5.92 Å². The Balaban J connectivity index is 0.00000200. The highest BCUT2D eigenvalue weighted by atomic mass is 35.5. The fourth-order valence-corrected chi connectivity index (χ4v) is 2.84. The van der Waals surface area contributed by atoms with Gasteiger partial charge in [-0.2, -0.15) is 0 Å². The second-order valence-electron chi connectivity index (χ2n) is 5.52. The summed E-state index contributed by atoms with van der Waals surface area (Å²) in [5, 5.41) is 3.43. The van der Waals surface area contributed by atoms with Gasteiger partial charge in [-0.25, -0.2) is 0 Å². The Morgan fingerprint density at radius 1 is 1.05 bits per heavy atom. The van der Waals surface area contributed by atoms with Gasteiger partial charge in [0.25, 0.3) is 0 Å². The number of piperidine rings is 1. The van der Waals surface area contributed by atoms with E-state index in [-0.39, 0.29) is 24.8 Å². The quantitative estimate of drug-likeness (QED) is 0.804. The number of halogens is 2. The van der Waals surface area contributed by atoms with Crippen LogP contribution in [0.5, 0.6) is 0 Å². The summed E-state index contributed by atoms with van der Waals surface area (Å²) in [6, 6.07) is 10.7. The topological polar surface area (TPSA) is 41.3 Å². The first-order valence-corrected chi connectivity index (χ1v) is 7.55. The summed E-state index contributed by atoms with van der Waals surface area (Å²) < 4.78 is 0. The first kappa shape index (κ1) is 20.7. The lowest BCUT2D eigenvalue weighted by Crippen LogP contribution is -2.39. The highest BCUT2D eigenvalue weighted by Crippen LogP contribution is 2.13. The monoisotopic (exact) mass is 333 g/mol. The molecule has 5 heteroatoms. The van der Waals surface area contributed by atoms with Gasteiger partial charge in [-0.1, -0.05) is 30.3 Å². The van der Waals surface area contributed by atoms with E-state index in [2.05, 4.69) is 40.5 Å². The van der Waals surface area contributed by atoms with Crippen molar-refractivity contribution in [2.75, 3.05) is 39.3 Å². The molecule has 1 aromatic rings. The van der Waals surface area contributed by atoms with Crippen molar-refractivity contribution < 1.29 is 0 Å². The minimum absolute atomic E-state index is 0. The molecule has 1 saturated heterocycles. The molecule has 1 fully saturated rings. The zero-order valence-electron chi connectivity index (χ0n) is 12.7. The number of benzene rings is 1. The van der Waals surface area contributed by atoms with Gasteiger partial charge in [0.05, 0.1) is 0 Å². The van der Waals surface area contributed by atoms with Crippen LogP contribution in [0.3, 0.4) is 0 Å². The summed E-state index contributed by atoms with van der Waals surface area (Å²) in [5.41, 5.74) is 7.18. The molecule has 122 valence electrons. The fraction of sp³-hybridized carbons (Fsp3) is 0.625. The van der Waals surface area contributed by atoms with Crippen LogP contribution in [-0.2, 0) is 6.42 Å². The van der Waals surface area contributed by atoms with Gasteiger partial charge in [-0.3, -0.25) is 0 Å². The van der Waals surface area contributed by atoms with Crippen molar-refractivity contribution in [1.82, 2.24) is 10.2 Å². The maximum absolute atomic E-state index is 5.75. The minimum Gasteiger partial charge on any atom is -0.329 e. The molecule has 1 aromatic carbocycles. The number of nitrogens with zero attached hydrogens (tertiary/aromatic N) is 1. The summed E-state index contributed by atoms with van der Waals surface area (Å²) in [6.45, 7) is 6.49. The Morgan fingerprint density at radius 3 is 2.33 bits per heavy atom. The number of rotatable bonds is 7. The summed E-state index contributed by atoms with van der Waals surface area (Å²) in [5.74, 6) is 0.851. The maximum Gasteiger partial charge on any atom is 0.0105 e. The third-order valence-corrected chi connectivity index (χ3v) is 3.98. The van der Waals surface area contributed by atoms with Crippen LogP contribution in [-0.4, -0.2) is 44.2 Å². The molecule has 0 bridgehead atoms. The van der Waals surface area contributed by atoms with Crippen molar-refractivity contribution in [3.8, 4) is 0 Å². The van der Waals surface area contributed by atoms with E-state index >= 15 is 0 Å². The third-order valence-electron chi connectivity index (χ3n) is 3.98. The largest absolute Gasteiger partial charge is 0.329 e. The van der Waals surface area contributed by atoms with Crippen molar-refractivity contribution in [3.05, 3.63) is 35.9 Å². The van der Waals surface area contributed by atoms with Crippen LogP contribution in [0.1, 0.15) is 18.4 Å². The zero-order chi connectivity index (χ0) is 13.3. The molecule has 1 aliphatic heterocycles. The molecule has 1 aliphatic rings. The van der Waals surface area contributed by atoms with Gasteiger partial charge >= 0.3 is 0 Å². The average molecular weight is 334 g/mol. The predicted octanol–water partition coefficient (Wildman–Crippen LogP) is 2.33. The first-order chi connectivity index (χ1) is 9.38. The van der Waals surface area contributed by atoms with Gasteiger partial charge in [0.1, 0.15) is 0 Å². The summed E-state index contributed by atoms with van der Waals surface area (Å²) in [7, 11) is 0. The van der Waals surface area contributed by atoms with Crippen molar-refractivity contribution in [1.29, 1.82) is 0 Å². The van der Waals surface area contributed by atoms with Crippen LogP contribution in [0.15, 0.2) is 30.3 Å². The molecule has 0 spiro atoms. The highest BCUT2D eigenvalue weighted by molar-refractivity contribution is 5.85. The van der Waals surface area contributed by atoms with E-state index in [1.807, 2.05) is 0 Å². The predicted molar refractivity (Wildman–Crippen MR) is 95.7 cm³/mol. The smallest absolute Gasteiger partial charge is 0.0105 e. The molecule has 3 N–H and O–H groups in total. The molecule has 0 saturated carbocycles. The number of hydrogen-bond donors (Lipinski definition) is 2. The molecule has 21 heavy (non-hydrogen) atoms. The number of nitrogens with one attached hydrogen (secondary N) is 1.